The lowest BCUT2D eigenvalue weighted by Gasteiger charge is -2.15. The van der Waals surface area contributed by atoms with Crippen molar-refractivity contribution >= 4 is 5.91 Å². The van der Waals surface area contributed by atoms with Crippen LogP contribution in [0.3, 0.4) is 0 Å². The fraction of sp³-hybridized carbons (Fsp3) is 0.562. The SMILES string of the molecule is CC(C)Cc1ccc(C(C)NC(=O)CCCO)cc1. The third-order valence-corrected chi connectivity index (χ3v) is 3.06. The maximum atomic E-state index is 11.6. The summed E-state index contributed by atoms with van der Waals surface area (Å²) in [6.45, 7) is 6.45. The summed E-state index contributed by atoms with van der Waals surface area (Å²) in [7, 11) is 0. The summed E-state index contributed by atoms with van der Waals surface area (Å²) < 4.78 is 0. The number of carbonyl (C=O) groups excluding carboxylic acids is 1. The Kier molecular flexibility index (Phi) is 6.57. The van der Waals surface area contributed by atoms with E-state index in [1.54, 1.807) is 0 Å². The van der Waals surface area contributed by atoms with Gasteiger partial charge in [-0.3, -0.25) is 4.79 Å². The zero-order valence-corrected chi connectivity index (χ0v) is 12.1. The molecule has 3 nitrogen and oxygen atoms in total. The summed E-state index contributed by atoms with van der Waals surface area (Å²) >= 11 is 0. The Morgan fingerprint density at radius 3 is 2.37 bits per heavy atom. The maximum Gasteiger partial charge on any atom is 0.220 e. The summed E-state index contributed by atoms with van der Waals surface area (Å²) in [6.07, 6.45) is 1.98. The molecule has 106 valence electrons. The minimum Gasteiger partial charge on any atom is -0.396 e. The average Bonchev–Trinajstić information content (AvgIpc) is 2.36. The van der Waals surface area contributed by atoms with E-state index >= 15 is 0 Å². The second kappa shape index (κ2) is 7.95. The third kappa shape index (κ3) is 5.88. The zero-order chi connectivity index (χ0) is 14.3. The predicted molar refractivity (Wildman–Crippen MR) is 77.9 cm³/mol. The van der Waals surface area contributed by atoms with Gasteiger partial charge in [0, 0.05) is 13.0 Å². The van der Waals surface area contributed by atoms with E-state index in [2.05, 4.69) is 43.4 Å². The molecule has 2 N–H and O–H groups in total. The van der Waals surface area contributed by atoms with E-state index in [-0.39, 0.29) is 18.6 Å². The van der Waals surface area contributed by atoms with E-state index < -0.39 is 0 Å². The maximum absolute atomic E-state index is 11.6. The van der Waals surface area contributed by atoms with Crippen LogP contribution < -0.4 is 5.32 Å². The molecule has 3 heteroatoms. The van der Waals surface area contributed by atoms with Crippen LogP contribution >= 0.6 is 0 Å². The largest absolute Gasteiger partial charge is 0.396 e. The normalized spacial score (nSPS) is 12.5. The predicted octanol–water partition coefficient (Wildman–Crippen LogP) is 2.83. The smallest absolute Gasteiger partial charge is 0.220 e. The van der Waals surface area contributed by atoms with Crippen LogP contribution in [0.2, 0.25) is 0 Å². The highest BCUT2D eigenvalue weighted by Gasteiger charge is 2.09. The highest BCUT2D eigenvalue weighted by molar-refractivity contribution is 5.76. The van der Waals surface area contributed by atoms with E-state index in [4.69, 9.17) is 5.11 Å². The Morgan fingerprint density at radius 2 is 1.84 bits per heavy atom. The van der Waals surface area contributed by atoms with Crippen LogP contribution in [-0.4, -0.2) is 17.6 Å². The topological polar surface area (TPSA) is 49.3 Å². The summed E-state index contributed by atoms with van der Waals surface area (Å²) in [5.41, 5.74) is 2.45. The lowest BCUT2D eigenvalue weighted by molar-refractivity contribution is -0.122. The van der Waals surface area contributed by atoms with Gasteiger partial charge >= 0.3 is 0 Å². The number of nitrogens with one attached hydrogen (secondary N) is 1. The number of rotatable bonds is 7. The van der Waals surface area contributed by atoms with Gasteiger partial charge in [-0.25, -0.2) is 0 Å². The van der Waals surface area contributed by atoms with Gasteiger partial charge in [0.2, 0.25) is 5.91 Å². The molecule has 1 rings (SSSR count). The van der Waals surface area contributed by atoms with Crippen molar-refractivity contribution in [2.45, 2.75) is 46.1 Å². The van der Waals surface area contributed by atoms with Gasteiger partial charge in [0.25, 0.3) is 0 Å². The lowest BCUT2D eigenvalue weighted by Crippen LogP contribution is -2.26. The monoisotopic (exact) mass is 263 g/mol. The number of amides is 1. The molecule has 0 heterocycles. The van der Waals surface area contributed by atoms with Crippen molar-refractivity contribution in [3.05, 3.63) is 35.4 Å². The summed E-state index contributed by atoms with van der Waals surface area (Å²) in [5.74, 6) is 0.647. The number of hydrogen-bond acceptors (Lipinski definition) is 2. The van der Waals surface area contributed by atoms with Crippen molar-refractivity contribution in [3.63, 3.8) is 0 Å². The van der Waals surface area contributed by atoms with Crippen LogP contribution in [-0.2, 0) is 11.2 Å². The van der Waals surface area contributed by atoms with E-state index in [0.717, 1.165) is 12.0 Å². The molecule has 1 amide bonds. The first-order valence-corrected chi connectivity index (χ1v) is 7.02. The summed E-state index contributed by atoms with van der Waals surface area (Å²) in [6, 6.07) is 8.43. The van der Waals surface area contributed by atoms with Gasteiger partial charge in [0.15, 0.2) is 0 Å². The Labute approximate surface area is 116 Å². The van der Waals surface area contributed by atoms with Crippen molar-refractivity contribution in [2.24, 2.45) is 5.92 Å². The summed E-state index contributed by atoms with van der Waals surface area (Å²) in [4.78, 5) is 11.6. The Morgan fingerprint density at radius 1 is 1.21 bits per heavy atom. The molecule has 1 aromatic rings. The molecular weight excluding hydrogens is 238 g/mol. The van der Waals surface area contributed by atoms with Gasteiger partial charge in [-0.2, -0.15) is 0 Å². The molecule has 0 radical (unpaired) electrons. The average molecular weight is 263 g/mol. The van der Waals surface area contributed by atoms with Crippen molar-refractivity contribution in [2.75, 3.05) is 6.61 Å². The van der Waals surface area contributed by atoms with E-state index in [9.17, 15) is 4.79 Å². The second-order valence-corrected chi connectivity index (χ2v) is 5.46. The first kappa shape index (κ1) is 15.7. The fourth-order valence-electron chi connectivity index (χ4n) is 2.05. The van der Waals surface area contributed by atoms with Gasteiger partial charge in [-0.15, -0.1) is 0 Å². The first-order chi connectivity index (χ1) is 9.02. The molecule has 0 aliphatic rings. The highest BCUT2D eigenvalue weighted by Crippen LogP contribution is 2.15. The van der Waals surface area contributed by atoms with Gasteiger partial charge in [-0.1, -0.05) is 38.1 Å². The fourth-order valence-corrected chi connectivity index (χ4v) is 2.05. The molecule has 0 fully saturated rings. The molecule has 1 aromatic carbocycles. The molecule has 0 bridgehead atoms. The van der Waals surface area contributed by atoms with Crippen molar-refractivity contribution < 1.29 is 9.90 Å². The number of benzene rings is 1. The standard InChI is InChI=1S/C16H25NO2/c1-12(2)11-14-6-8-15(9-7-14)13(3)17-16(19)5-4-10-18/h6-9,12-13,18H,4-5,10-11H2,1-3H3,(H,17,19). The Bertz CT molecular complexity index is 384. The number of aliphatic hydroxyl groups excluding tert-OH is 1. The van der Waals surface area contributed by atoms with Crippen LogP contribution in [0, 0.1) is 5.92 Å². The third-order valence-electron chi connectivity index (χ3n) is 3.06. The highest BCUT2D eigenvalue weighted by atomic mass is 16.3. The van der Waals surface area contributed by atoms with E-state index in [1.807, 2.05) is 6.92 Å². The molecule has 0 aliphatic carbocycles. The molecule has 0 aliphatic heterocycles. The first-order valence-electron chi connectivity index (χ1n) is 7.02. The number of carbonyl (C=O) groups is 1. The summed E-state index contributed by atoms with van der Waals surface area (Å²) in [5, 5.41) is 11.6. The molecule has 0 aromatic heterocycles. The van der Waals surface area contributed by atoms with Gasteiger partial charge < -0.3 is 10.4 Å². The van der Waals surface area contributed by atoms with E-state index in [1.165, 1.54) is 5.56 Å². The molecule has 19 heavy (non-hydrogen) atoms. The minimum atomic E-state index is -0.00666. The number of aliphatic hydroxyl groups is 1. The van der Waals surface area contributed by atoms with Crippen molar-refractivity contribution in [1.82, 2.24) is 5.32 Å². The van der Waals surface area contributed by atoms with Crippen molar-refractivity contribution in [1.29, 1.82) is 0 Å². The molecule has 0 saturated carbocycles. The van der Waals surface area contributed by atoms with E-state index in [0.29, 0.717) is 18.8 Å². The zero-order valence-electron chi connectivity index (χ0n) is 12.1. The van der Waals surface area contributed by atoms with Crippen LogP contribution in [0.15, 0.2) is 24.3 Å². The molecular formula is C16H25NO2. The van der Waals surface area contributed by atoms with Gasteiger partial charge in [-0.05, 0) is 36.8 Å². The van der Waals surface area contributed by atoms with Crippen LogP contribution in [0.5, 0.6) is 0 Å². The van der Waals surface area contributed by atoms with Crippen LogP contribution in [0.1, 0.15) is 50.8 Å². The molecule has 1 atom stereocenters. The van der Waals surface area contributed by atoms with Gasteiger partial charge in [0.1, 0.15) is 0 Å². The molecule has 0 spiro atoms. The van der Waals surface area contributed by atoms with Crippen LogP contribution in [0.4, 0.5) is 0 Å². The Hall–Kier alpha value is -1.35. The van der Waals surface area contributed by atoms with Crippen LogP contribution in [0.25, 0.3) is 0 Å². The Balaban J connectivity index is 2.52. The quantitative estimate of drug-likeness (QED) is 0.794. The molecule has 1 unspecified atom stereocenters. The minimum absolute atomic E-state index is 0.00666. The van der Waals surface area contributed by atoms with Crippen molar-refractivity contribution in [3.8, 4) is 0 Å². The lowest BCUT2D eigenvalue weighted by atomic mass is 10.00. The second-order valence-electron chi connectivity index (χ2n) is 5.46. The molecule has 0 saturated heterocycles. The number of hydrogen-bond donors (Lipinski definition) is 2. The van der Waals surface area contributed by atoms with Gasteiger partial charge in [0.05, 0.1) is 6.04 Å².